The van der Waals surface area contributed by atoms with E-state index in [2.05, 4.69) is 4.98 Å². The van der Waals surface area contributed by atoms with E-state index in [1.807, 2.05) is 0 Å². The topological polar surface area (TPSA) is 90.1 Å². The summed E-state index contributed by atoms with van der Waals surface area (Å²) in [5.74, 6) is -0.312. The Morgan fingerprint density at radius 3 is 3.06 bits per heavy atom. The Kier molecular flexibility index (Phi) is 2.45. The van der Waals surface area contributed by atoms with E-state index in [4.69, 9.17) is 10.5 Å². The fourth-order valence-corrected chi connectivity index (χ4v) is 2.26. The quantitative estimate of drug-likeness (QED) is 0.727. The molecule has 0 radical (unpaired) electrons. The second-order valence-corrected chi connectivity index (χ2v) is 4.38. The van der Waals surface area contributed by atoms with Crippen molar-refractivity contribution in [2.24, 2.45) is 0 Å². The number of fused-ring (bicyclic) bond motifs is 1. The number of carbonyl (C=O) groups is 1. The van der Waals surface area contributed by atoms with Crippen LogP contribution in [-0.2, 0) is 4.74 Å². The van der Waals surface area contributed by atoms with Crippen LogP contribution in [0.4, 0.5) is 5.69 Å². The van der Waals surface area contributed by atoms with Crippen molar-refractivity contribution in [1.82, 2.24) is 9.55 Å². The highest BCUT2D eigenvalue weighted by Crippen LogP contribution is 2.18. The Morgan fingerprint density at radius 1 is 1.50 bits per heavy atom. The molecule has 1 atom stereocenters. The zero-order valence-corrected chi connectivity index (χ0v) is 9.68. The van der Waals surface area contributed by atoms with E-state index < -0.39 is 11.8 Å². The molecule has 0 spiro atoms. The average Bonchev–Trinajstić information content (AvgIpc) is 2.94. The van der Waals surface area contributed by atoms with Crippen molar-refractivity contribution < 1.29 is 9.53 Å². The average molecular weight is 247 g/mol. The Hall–Kier alpha value is -2.08. The van der Waals surface area contributed by atoms with Crippen molar-refractivity contribution in [2.75, 3.05) is 12.3 Å². The lowest BCUT2D eigenvalue weighted by molar-refractivity contribution is 0.0556. The summed E-state index contributed by atoms with van der Waals surface area (Å²) in [6.45, 7) is 0.570. The second-order valence-electron chi connectivity index (χ2n) is 4.38. The molecule has 1 saturated heterocycles. The molecule has 1 aliphatic heterocycles. The molecule has 1 fully saturated rings. The van der Waals surface area contributed by atoms with Gasteiger partial charge in [-0.25, -0.2) is 9.36 Å². The number of nitrogen functional groups attached to an aromatic ring is 1. The van der Waals surface area contributed by atoms with Crippen LogP contribution in [0, 0.1) is 0 Å². The maximum atomic E-state index is 12.2. The zero-order chi connectivity index (χ0) is 12.7. The number of hydrogen-bond donors (Lipinski definition) is 2. The molecule has 0 aliphatic carbocycles. The van der Waals surface area contributed by atoms with Gasteiger partial charge in [0.15, 0.2) is 0 Å². The van der Waals surface area contributed by atoms with E-state index >= 15 is 0 Å². The van der Waals surface area contributed by atoms with Crippen LogP contribution in [0.15, 0.2) is 23.0 Å². The number of aromatic nitrogens is 2. The smallest absolute Gasteiger partial charge is 0.333 e. The summed E-state index contributed by atoms with van der Waals surface area (Å²) < 4.78 is 6.45. The van der Waals surface area contributed by atoms with Gasteiger partial charge in [0.2, 0.25) is 0 Å². The number of nitrogens with one attached hydrogen (secondary N) is 1. The van der Waals surface area contributed by atoms with Crippen molar-refractivity contribution in [3.63, 3.8) is 0 Å². The van der Waals surface area contributed by atoms with Crippen LogP contribution in [-0.4, -0.2) is 28.2 Å². The number of H-pyrrole nitrogens is 1. The van der Waals surface area contributed by atoms with Gasteiger partial charge in [-0.05, 0) is 31.0 Å². The van der Waals surface area contributed by atoms with Crippen molar-refractivity contribution in [3.05, 3.63) is 28.7 Å². The monoisotopic (exact) mass is 247 g/mol. The van der Waals surface area contributed by atoms with Crippen LogP contribution in [0.2, 0.25) is 0 Å². The first kappa shape index (κ1) is 11.0. The van der Waals surface area contributed by atoms with Gasteiger partial charge in [-0.3, -0.25) is 4.79 Å². The fourth-order valence-electron chi connectivity index (χ4n) is 2.26. The molecule has 6 heteroatoms. The molecule has 2 aromatic rings. The molecule has 1 unspecified atom stereocenters. The van der Waals surface area contributed by atoms with Crippen molar-refractivity contribution in [1.29, 1.82) is 0 Å². The van der Waals surface area contributed by atoms with Gasteiger partial charge in [-0.2, -0.15) is 0 Å². The SMILES string of the molecule is Nc1ccc2c(c1)[nH]c(=O)n2C(=O)C1CCCO1. The number of imidazole rings is 1. The van der Waals surface area contributed by atoms with E-state index in [1.54, 1.807) is 18.2 Å². The number of anilines is 1. The van der Waals surface area contributed by atoms with E-state index in [9.17, 15) is 9.59 Å². The number of rotatable bonds is 1. The Balaban J connectivity index is 2.13. The summed E-state index contributed by atoms with van der Waals surface area (Å²) in [5.41, 5.74) is 6.83. The first-order chi connectivity index (χ1) is 8.66. The molecular formula is C12H13N3O3. The molecule has 0 saturated carbocycles. The Morgan fingerprint density at radius 2 is 2.33 bits per heavy atom. The predicted molar refractivity (Wildman–Crippen MR) is 66.6 cm³/mol. The van der Waals surface area contributed by atoms with E-state index in [1.165, 1.54) is 0 Å². The molecule has 0 amide bonds. The first-order valence-corrected chi connectivity index (χ1v) is 5.83. The normalized spacial score (nSPS) is 19.4. The molecule has 3 N–H and O–H groups in total. The number of nitrogens with two attached hydrogens (primary N) is 1. The van der Waals surface area contributed by atoms with E-state index in [0.29, 0.717) is 29.7 Å². The minimum absolute atomic E-state index is 0.312. The third kappa shape index (κ3) is 1.62. The third-order valence-electron chi connectivity index (χ3n) is 3.13. The molecular weight excluding hydrogens is 234 g/mol. The molecule has 1 aromatic heterocycles. The van der Waals surface area contributed by atoms with Crippen molar-refractivity contribution in [2.45, 2.75) is 18.9 Å². The maximum Gasteiger partial charge on any atom is 0.333 e. The molecule has 1 aromatic carbocycles. The lowest BCUT2D eigenvalue weighted by atomic mass is 10.2. The van der Waals surface area contributed by atoms with Crippen molar-refractivity contribution in [3.8, 4) is 0 Å². The van der Waals surface area contributed by atoms with Gasteiger partial charge in [-0.1, -0.05) is 0 Å². The second kappa shape index (κ2) is 3.99. The molecule has 94 valence electrons. The molecule has 1 aliphatic rings. The number of carbonyl (C=O) groups excluding carboxylic acids is 1. The minimum Gasteiger partial charge on any atom is -0.399 e. The summed E-state index contributed by atoms with van der Waals surface area (Å²) in [6.07, 6.45) is 0.993. The van der Waals surface area contributed by atoms with Crippen LogP contribution in [0.3, 0.4) is 0 Å². The van der Waals surface area contributed by atoms with Crippen LogP contribution < -0.4 is 11.4 Å². The number of nitrogens with zero attached hydrogens (tertiary/aromatic N) is 1. The minimum atomic E-state index is -0.515. The van der Waals surface area contributed by atoms with Gasteiger partial charge >= 0.3 is 5.69 Å². The number of aromatic amines is 1. The summed E-state index contributed by atoms with van der Waals surface area (Å²) in [5, 5.41) is 0. The van der Waals surface area contributed by atoms with Crippen LogP contribution >= 0.6 is 0 Å². The Bertz CT molecular complexity index is 665. The standard InChI is InChI=1S/C12H13N3O3/c13-7-3-4-9-8(6-7)14-12(17)15(9)11(16)10-2-1-5-18-10/h3-4,6,10H,1-2,5,13H2,(H,14,17). The number of benzene rings is 1. The lowest BCUT2D eigenvalue weighted by Gasteiger charge is -2.08. The van der Waals surface area contributed by atoms with Gasteiger partial charge in [-0.15, -0.1) is 0 Å². The van der Waals surface area contributed by atoms with Gasteiger partial charge < -0.3 is 15.5 Å². The van der Waals surface area contributed by atoms with E-state index in [0.717, 1.165) is 11.0 Å². The fraction of sp³-hybridized carbons (Fsp3) is 0.333. The highest BCUT2D eigenvalue weighted by Gasteiger charge is 2.27. The maximum absolute atomic E-state index is 12.2. The third-order valence-corrected chi connectivity index (χ3v) is 3.13. The summed E-state index contributed by atoms with van der Waals surface area (Å²) in [4.78, 5) is 26.7. The van der Waals surface area contributed by atoms with Crippen LogP contribution in [0.25, 0.3) is 11.0 Å². The number of hydrogen-bond acceptors (Lipinski definition) is 4. The van der Waals surface area contributed by atoms with Crippen LogP contribution in [0.5, 0.6) is 0 Å². The summed E-state index contributed by atoms with van der Waals surface area (Å²) in [6, 6.07) is 4.96. The van der Waals surface area contributed by atoms with Crippen molar-refractivity contribution >= 4 is 22.6 Å². The lowest BCUT2D eigenvalue weighted by Crippen LogP contribution is -2.33. The number of ether oxygens (including phenoxy) is 1. The summed E-state index contributed by atoms with van der Waals surface area (Å²) >= 11 is 0. The first-order valence-electron chi connectivity index (χ1n) is 5.83. The van der Waals surface area contributed by atoms with Gasteiger partial charge in [0.1, 0.15) is 6.10 Å². The van der Waals surface area contributed by atoms with Gasteiger partial charge in [0.05, 0.1) is 11.0 Å². The predicted octanol–water partition coefficient (Wildman–Crippen LogP) is 0.731. The van der Waals surface area contributed by atoms with Crippen LogP contribution in [0.1, 0.15) is 17.6 Å². The molecule has 18 heavy (non-hydrogen) atoms. The highest BCUT2D eigenvalue weighted by molar-refractivity contribution is 5.93. The largest absolute Gasteiger partial charge is 0.399 e. The molecule has 2 heterocycles. The van der Waals surface area contributed by atoms with E-state index in [-0.39, 0.29) is 5.91 Å². The Labute approximate surface area is 102 Å². The highest BCUT2D eigenvalue weighted by atomic mass is 16.5. The summed E-state index contributed by atoms with van der Waals surface area (Å²) in [7, 11) is 0. The zero-order valence-electron chi connectivity index (χ0n) is 9.68. The molecule has 3 rings (SSSR count). The van der Waals surface area contributed by atoms with Gasteiger partial charge in [0, 0.05) is 12.3 Å². The molecule has 6 nitrogen and oxygen atoms in total. The van der Waals surface area contributed by atoms with Gasteiger partial charge in [0.25, 0.3) is 5.91 Å². The molecule has 0 bridgehead atoms.